The Bertz CT molecular complexity index is 3290. The predicted molar refractivity (Wildman–Crippen MR) is 232 cm³/mol. The van der Waals surface area contributed by atoms with Gasteiger partial charge in [-0.25, -0.2) is 19.9 Å². The molecule has 4 nitrogen and oxygen atoms in total. The first-order valence-electron chi connectivity index (χ1n) is 18.9. The molecule has 0 aliphatic rings. The first kappa shape index (κ1) is 31.9. The summed E-state index contributed by atoms with van der Waals surface area (Å²) in [6, 6.07) is 67.9. The predicted octanol–water partition coefficient (Wildman–Crippen LogP) is 13.4. The number of aromatic nitrogens is 4. The van der Waals surface area contributed by atoms with E-state index >= 15 is 0 Å². The summed E-state index contributed by atoms with van der Waals surface area (Å²) in [6.07, 6.45) is 0. The molecule has 11 aromatic rings. The van der Waals surface area contributed by atoms with Crippen molar-refractivity contribution < 1.29 is 0 Å². The maximum absolute atomic E-state index is 5.34. The molecule has 0 spiro atoms. The highest BCUT2D eigenvalue weighted by molar-refractivity contribution is 6.21. The van der Waals surface area contributed by atoms with Crippen molar-refractivity contribution in [1.29, 1.82) is 0 Å². The van der Waals surface area contributed by atoms with E-state index in [2.05, 4.69) is 164 Å². The summed E-state index contributed by atoms with van der Waals surface area (Å²) >= 11 is 0. The number of fused-ring (bicyclic) bond motifs is 8. The third-order valence-electron chi connectivity index (χ3n) is 10.8. The number of hydrogen-bond acceptors (Lipinski definition) is 4. The number of pyridine rings is 4. The Morgan fingerprint density at radius 2 is 0.750 bits per heavy atom. The molecule has 0 bridgehead atoms. The lowest BCUT2D eigenvalue weighted by molar-refractivity contribution is 1.36. The van der Waals surface area contributed by atoms with Gasteiger partial charge in [0.1, 0.15) is 0 Å². The van der Waals surface area contributed by atoms with Crippen LogP contribution in [-0.2, 0) is 0 Å². The lowest BCUT2D eigenvalue weighted by atomic mass is 9.94. The highest BCUT2D eigenvalue weighted by Crippen LogP contribution is 2.39. The normalized spacial score (nSPS) is 11.6. The van der Waals surface area contributed by atoms with Crippen molar-refractivity contribution in [2.24, 2.45) is 0 Å². The van der Waals surface area contributed by atoms with Crippen LogP contribution >= 0.6 is 0 Å². The number of nitrogens with zero attached hydrogens (tertiary/aromatic N) is 4. The average Bonchev–Trinajstić information content (AvgIpc) is 3.28. The van der Waals surface area contributed by atoms with Crippen LogP contribution < -0.4 is 0 Å². The van der Waals surface area contributed by atoms with Crippen LogP contribution in [0.25, 0.3) is 111 Å². The van der Waals surface area contributed by atoms with Gasteiger partial charge in [-0.3, -0.25) is 0 Å². The summed E-state index contributed by atoms with van der Waals surface area (Å²) in [5, 5.41) is 6.59. The quantitative estimate of drug-likeness (QED) is 0.167. The SMILES string of the molecule is c1ccc(-c2ccc3c(ccc4c5cc(-c6cccc(-c7ccc8ccc9ccc(-c%10ccccc%10)nc9c8n7)c6)ccc5nc(-c5ccccc5)c34)n2)cc1. The molecule has 0 saturated carbocycles. The third-order valence-corrected chi connectivity index (χ3v) is 10.8. The van der Waals surface area contributed by atoms with Gasteiger partial charge in [-0.2, -0.15) is 0 Å². The second-order valence-electron chi connectivity index (χ2n) is 14.2. The monoisotopic (exact) mass is 712 g/mol. The van der Waals surface area contributed by atoms with Crippen molar-refractivity contribution in [1.82, 2.24) is 19.9 Å². The first-order valence-corrected chi connectivity index (χ1v) is 18.9. The molecule has 0 amide bonds. The van der Waals surface area contributed by atoms with Crippen molar-refractivity contribution in [2.75, 3.05) is 0 Å². The molecule has 4 aromatic heterocycles. The summed E-state index contributed by atoms with van der Waals surface area (Å²) in [5.41, 5.74) is 14.0. The molecule has 0 atom stereocenters. The van der Waals surface area contributed by atoms with Crippen molar-refractivity contribution >= 4 is 54.4 Å². The smallest absolute Gasteiger partial charge is 0.0972 e. The molecule has 4 heterocycles. The fraction of sp³-hybridized carbons (Fsp3) is 0. The minimum atomic E-state index is 0.901. The zero-order valence-electron chi connectivity index (χ0n) is 30.3. The van der Waals surface area contributed by atoms with E-state index in [1.54, 1.807) is 0 Å². The molecule has 0 N–H and O–H groups in total. The summed E-state index contributed by atoms with van der Waals surface area (Å²) in [4.78, 5) is 20.8. The summed E-state index contributed by atoms with van der Waals surface area (Å²) in [7, 11) is 0. The van der Waals surface area contributed by atoms with Crippen molar-refractivity contribution in [2.45, 2.75) is 0 Å². The van der Waals surface area contributed by atoms with E-state index in [4.69, 9.17) is 19.9 Å². The fourth-order valence-corrected chi connectivity index (χ4v) is 8.02. The van der Waals surface area contributed by atoms with E-state index in [9.17, 15) is 0 Å². The molecule has 7 aromatic carbocycles. The lowest BCUT2D eigenvalue weighted by Crippen LogP contribution is -1.93. The zero-order chi connectivity index (χ0) is 37.0. The number of benzene rings is 7. The van der Waals surface area contributed by atoms with Gasteiger partial charge in [0.25, 0.3) is 0 Å². The third kappa shape index (κ3) is 5.47. The lowest BCUT2D eigenvalue weighted by Gasteiger charge is -2.14. The Morgan fingerprint density at radius 3 is 1.43 bits per heavy atom. The maximum atomic E-state index is 5.34. The van der Waals surface area contributed by atoms with E-state index in [0.717, 1.165) is 111 Å². The van der Waals surface area contributed by atoms with Crippen molar-refractivity contribution in [3.05, 3.63) is 194 Å². The Balaban J connectivity index is 1.05. The topological polar surface area (TPSA) is 51.6 Å². The van der Waals surface area contributed by atoms with Gasteiger partial charge in [-0.15, -0.1) is 0 Å². The van der Waals surface area contributed by atoms with Gasteiger partial charge in [0.2, 0.25) is 0 Å². The fourth-order valence-electron chi connectivity index (χ4n) is 8.02. The molecular weight excluding hydrogens is 681 g/mol. The summed E-state index contributed by atoms with van der Waals surface area (Å²) in [5.74, 6) is 0. The number of hydrogen-bond donors (Lipinski definition) is 0. The molecule has 56 heavy (non-hydrogen) atoms. The van der Waals surface area contributed by atoms with E-state index in [-0.39, 0.29) is 0 Å². The average molecular weight is 713 g/mol. The van der Waals surface area contributed by atoms with E-state index in [1.165, 1.54) is 0 Å². The van der Waals surface area contributed by atoms with E-state index < -0.39 is 0 Å². The van der Waals surface area contributed by atoms with Crippen LogP contribution in [0.1, 0.15) is 0 Å². The van der Waals surface area contributed by atoms with Crippen LogP contribution in [0.15, 0.2) is 194 Å². The summed E-state index contributed by atoms with van der Waals surface area (Å²) < 4.78 is 0. The molecule has 0 aliphatic carbocycles. The largest absolute Gasteiger partial charge is 0.248 e. The molecule has 0 aliphatic heterocycles. The van der Waals surface area contributed by atoms with Gasteiger partial charge in [-0.05, 0) is 65.0 Å². The number of rotatable bonds is 5. The Morgan fingerprint density at radius 1 is 0.268 bits per heavy atom. The van der Waals surface area contributed by atoms with Gasteiger partial charge in [0, 0.05) is 49.2 Å². The van der Waals surface area contributed by atoms with Crippen molar-refractivity contribution in [3.8, 4) is 56.2 Å². The minimum Gasteiger partial charge on any atom is -0.248 e. The van der Waals surface area contributed by atoms with E-state index in [0.29, 0.717) is 0 Å². The van der Waals surface area contributed by atoms with Crippen LogP contribution in [-0.4, -0.2) is 19.9 Å². The molecule has 0 saturated heterocycles. The Hall–Kier alpha value is -7.56. The molecule has 0 radical (unpaired) electrons. The van der Waals surface area contributed by atoms with Gasteiger partial charge < -0.3 is 0 Å². The minimum absolute atomic E-state index is 0.901. The Kier molecular flexibility index (Phi) is 7.46. The van der Waals surface area contributed by atoms with Crippen LogP contribution in [0.4, 0.5) is 0 Å². The van der Waals surface area contributed by atoms with Crippen LogP contribution in [0, 0.1) is 0 Å². The van der Waals surface area contributed by atoms with Crippen LogP contribution in [0.5, 0.6) is 0 Å². The second kappa shape index (κ2) is 13.1. The van der Waals surface area contributed by atoms with Gasteiger partial charge in [0.05, 0.1) is 44.8 Å². The maximum Gasteiger partial charge on any atom is 0.0972 e. The van der Waals surface area contributed by atoms with Crippen LogP contribution in [0.3, 0.4) is 0 Å². The van der Waals surface area contributed by atoms with Crippen LogP contribution in [0.2, 0.25) is 0 Å². The zero-order valence-corrected chi connectivity index (χ0v) is 30.3. The second-order valence-corrected chi connectivity index (χ2v) is 14.2. The molecule has 4 heteroatoms. The summed E-state index contributed by atoms with van der Waals surface area (Å²) in [6.45, 7) is 0. The van der Waals surface area contributed by atoms with E-state index in [1.807, 2.05) is 30.3 Å². The van der Waals surface area contributed by atoms with Gasteiger partial charge in [-0.1, -0.05) is 146 Å². The highest BCUT2D eigenvalue weighted by Gasteiger charge is 2.16. The molecule has 260 valence electrons. The molecular formula is C52H32N4. The molecule has 0 unspecified atom stereocenters. The molecule has 11 rings (SSSR count). The standard InChI is InChI=1S/C52H32N4/c1-4-11-33(12-5-1)44-29-25-42-47(53-44)30-24-41-43-32-39(23-28-48(43)56-50(49(41)42)35-15-8-3-9-16-35)38-17-10-18-40(31-38)46-27-22-37-20-19-36-21-26-45(34-13-6-2-7-14-34)54-51(36)52(37)55-46/h1-32H. The van der Waals surface area contributed by atoms with Gasteiger partial charge in [0.15, 0.2) is 0 Å². The Labute approximate surface area is 323 Å². The molecule has 0 fully saturated rings. The van der Waals surface area contributed by atoms with Gasteiger partial charge >= 0.3 is 0 Å². The first-order chi connectivity index (χ1) is 27.7. The highest BCUT2D eigenvalue weighted by atomic mass is 14.8. The van der Waals surface area contributed by atoms with Crippen molar-refractivity contribution in [3.63, 3.8) is 0 Å².